The molecule has 0 aliphatic carbocycles. The standard InChI is InChI=1S/C18H24F3N3O2.2ClH/c19-18(20,21)14-3-1-4-15(11-14)23-6-8-24(9-7-23)17(25)13-22-12-16-5-2-10-26-16;;/h1,3-4,11,16,22H,2,5-10,12-13H2;2*1H. The summed E-state index contributed by atoms with van der Waals surface area (Å²) in [5, 5.41) is 3.14. The number of benzene rings is 1. The molecule has 0 spiro atoms. The maximum atomic E-state index is 12.8. The molecule has 0 saturated carbocycles. The van der Waals surface area contributed by atoms with Gasteiger partial charge in [0.25, 0.3) is 0 Å². The third-order valence-electron chi connectivity index (χ3n) is 4.84. The lowest BCUT2D eigenvalue weighted by molar-refractivity contribution is -0.137. The predicted octanol–water partition coefficient (Wildman–Crippen LogP) is 2.97. The fourth-order valence-electron chi connectivity index (χ4n) is 3.35. The lowest BCUT2D eigenvalue weighted by Gasteiger charge is -2.36. The number of rotatable bonds is 5. The zero-order valence-electron chi connectivity index (χ0n) is 15.4. The van der Waals surface area contributed by atoms with Crippen LogP contribution in [-0.4, -0.2) is 62.8 Å². The van der Waals surface area contributed by atoms with Gasteiger partial charge in [0.2, 0.25) is 5.91 Å². The van der Waals surface area contributed by atoms with Gasteiger partial charge < -0.3 is 19.9 Å². The fourth-order valence-corrected chi connectivity index (χ4v) is 3.35. The van der Waals surface area contributed by atoms with Crippen LogP contribution in [0.15, 0.2) is 24.3 Å². The van der Waals surface area contributed by atoms with Gasteiger partial charge in [-0.2, -0.15) is 13.2 Å². The molecule has 1 N–H and O–H groups in total. The molecule has 2 fully saturated rings. The third kappa shape index (κ3) is 6.69. The van der Waals surface area contributed by atoms with E-state index in [2.05, 4.69) is 5.32 Å². The summed E-state index contributed by atoms with van der Waals surface area (Å²) < 4.78 is 44.0. The molecule has 10 heteroatoms. The number of nitrogens with zero attached hydrogens (tertiary/aromatic N) is 2. The lowest BCUT2D eigenvalue weighted by atomic mass is 10.1. The maximum absolute atomic E-state index is 12.8. The van der Waals surface area contributed by atoms with Crippen molar-refractivity contribution in [3.05, 3.63) is 29.8 Å². The Hall–Kier alpha value is -1.22. The van der Waals surface area contributed by atoms with E-state index in [1.165, 1.54) is 12.1 Å². The number of amides is 1. The molecular formula is C18H26Cl2F3N3O2. The Kier molecular flexibility index (Phi) is 9.83. The van der Waals surface area contributed by atoms with Crippen LogP contribution in [0.4, 0.5) is 18.9 Å². The molecule has 28 heavy (non-hydrogen) atoms. The average Bonchev–Trinajstić information content (AvgIpc) is 3.15. The molecule has 2 aliphatic heterocycles. The molecule has 1 aromatic rings. The second kappa shape index (κ2) is 11.1. The van der Waals surface area contributed by atoms with E-state index in [9.17, 15) is 18.0 Å². The summed E-state index contributed by atoms with van der Waals surface area (Å²) in [5.41, 5.74) is -0.102. The van der Waals surface area contributed by atoms with Crippen LogP contribution in [0.1, 0.15) is 18.4 Å². The fraction of sp³-hybridized carbons (Fsp3) is 0.611. The van der Waals surface area contributed by atoms with Crippen LogP contribution in [0.5, 0.6) is 0 Å². The minimum Gasteiger partial charge on any atom is -0.377 e. The molecule has 0 aromatic heterocycles. The largest absolute Gasteiger partial charge is 0.416 e. The Balaban J connectivity index is 0.00000196. The minimum absolute atomic E-state index is 0. The average molecular weight is 444 g/mol. The molecule has 5 nitrogen and oxygen atoms in total. The van der Waals surface area contributed by atoms with Gasteiger partial charge in [-0.25, -0.2) is 0 Å². The summed E-state index contributed by atoms with van der Waals surface area (Å²) >= 11 is 0. The van der Waals surface area contributed by atoms with Crippen molar-refractivity contribution < 1.29 is 22.7 Å². The molecule has 3 rings (SSSR count). The van der Waals surface area contributed by atoms with E-state index in [0.717, 1.165) is 25.5 Å². The highest BCUT2D eigenvalue weighted by Crippen LogP contribution is 2.31. The van der Waals surface area contributed by atoms with Crippen LogP contribution < -0.4 is 10.2 Å². The lowest BCUT2D eigenvalue weighted by Crippen LogP contribution is -2.51. The van der Waals surface area contributed by atoms with Gasteiger partial charge in [-0.3, -0.25) is 4.79 Å². The molecule has 2 aliphatic rings. The van der Waals surface area contributed by atoms with Gasteiger partial charge in [0.15, 0.2) is 0 Å². The Bertz CT molecular complexity index is 620. The molecule has 1 atom stereocenters. The summed E-state index contributed by atoms with van der Waals surface area (Å²) in [5.74, 6) is 0.0201. The van der Waals surface area contributed by atoms with E-state index in [0.29, 0.717) is 38.4 Å². The van der Waals surface area contributed by atoms with Crippen molar-refractivity contribution in [2.45, 2.75) is 25.1 Å². The number of carbonyl (C=O) groups excluding carboxylic acids is 1. The highest BCUT2D eigenvalue weighted by atomic mass is 35.5. The molecule has 2 heterocycles. The summed E-state index contributed by atoms with van der Waals surface area (Å²) in [7, 11) is 0. The highest BCUT2D eigenvalue weighted by Gasteiger charge is 2.31. The first-order valence-corrected chi connectivity index (χ1v) is 8.96. The first-order chi connectivity index (χ1) is 12.4. The van der Waals surface area contributed by atoms with Crippen molar-refractivity contribution >= 4 is 36.4 Å². The van der Waals surface area contributed by atoms with E-state index in [-0.39, 0.29) is 43.4 Å². The van der Waals surface area contributed by atoms with E-state index >= 15 is 0 Å². The Morgan fingerprint density at radius 2 is 1.89 bits per heavy atom. The number of alkyl halides is 3. The van der Waals surface area contributed by atoms with Gasteiger partial charge in [-0.1, -0.05) is 6.07 Å². The number of hydrogen-bond donors (Lipinski definition) is 1. The Morgan fingerprint density at radius 1 is 1.18 bits per heavy atom. The number of halogens is 5. The van der Waals surface area contributed by atoms with Crippen LogP contribution in [0.3, 0.4) is 0 Å². The zero-order valence-corrected chi connectivity index (χ0v) is 17.0. The number of piperazine rings is 1. The van der Waals surface area contributed by atoms with Crippen molar-refractivity contribution in [3.8, 4) is 0 Å². The summed E-state index contributed by atoms with van der Waals surface area (Å²) in [6.45, 7) is 3.81. The van der Waals surface area contributed by atoms with E-state index in [1.807, 2.05) is 4.90 Å². The van der Waals surface area contributed by atoms with Crippen molar-refractivity contribution in [2.75, 3.05) is 50.8 Å². The monoisotopic (exact) mass is 443 g/mol. The molecule has 1 aromatic carbocycles. The minimum atomic E-state index is -4.34. The predicted molar refractivity (Wildman–Crippen MR) is 107 cm³/mol. The van der Waals surface area contributed by atoms with E-state index in [1.54, 1.807) is 11.0 Å². The van der Waals surface area contributed by atoms with E-state index in [4.69, 9.17) is 4.74 Å². The first kappa shape index (κ1) is 24.8. The quantitative estimate of drug-likeness (QED) is 0.759. The molecule has 1 amide bonds. The Morgan fingerprint density at radius 3 is 2.50 bits per heavy atom. The van der Waals surface area contributed by atoms with Crippen LogP contribution in [0.25, 0.3) is 0 Å². The molecule has 1 unspecified atom stereocenters. The van der Waals surface area contributed by atoms with Crippen LogP contribution in [-0.2, 0) is 15.7 Å². The van der Waals surface area contributed by atoms with Crippen LogP contribution >= 0.6 is 24.8 Å². The second-order valence-electron chi connectivity index (χ2n) is 6.68. The van der Waals surface area contributed by atoms with Crippen LogP contribution in [0, 0.1) is 0 Å². The number of ether oxygens (including phenoxy) is 1. The third-order valence-corrected chi connectivity index (χ3v) is 4.84. The molecular weight excluding hydrogens is 418 g/mol. The molecule has 160 valence electrons. The maximum Gasteiger partial charge on any atom is 0.416 e. The summed E-state index contributed by atoms with van der Waals surface area (Å²) in [4.78, 5) is 15.9. The number of anilines is 1. The van der Waals surface area contributed by atoms with Crippen molar-refractivity contribution in [2.24, 2.45) is 0 Å². The molecule has 0 radical (unpaired) electrons. The van der Waals surface area contributed by atoms with Gasteiger partial charge >= 0.3 is 6.18 Å². The van der Waals surface area contributed by atoms with Gasteiger partial charge in [-0.15, -0.1) is 24.8 Å². The molecule has 0 bridgehead atoms. The smallest absolute Gasteiger partial charge is 0.377 e. The Labute approximate surface area is 175 Å². The summed E-state index contributed by atoms with van der Waals surface area (Å²) in [6, 6.07) is 5.34. The van der Waals surface area contributed by atoms with Crippen molar-refractivity contribution in [1.82, 2.24) is 10.2 Å². The zero-order chi connectivity index (χ0) is 18.6. The van der Waals surface area contributed by atoms with E-state index < -0.39 is 11.7 Å². The second-order valence-corrected chi connectivity index (χ2v) is 6.68. The normalized spacial score (nSPS) is 19.8. The first-order valence-electron chi connectivity index (χ1n) is 8.96. The van der Waals surface area contributed by atoms with Crippen LogP contribution in [0.2, 0.25) is 0 Å². The number of nitrogens with one attached hydrogen (secondary N) is 1. The number of hydrogen-bond acceptors (Lipinski definition) is 4. The summed E-state index contributed by atoms with van der Waals surface area (Å²) in [6.07, 6.45) is -2.06. The van der Waals surface area contributed by atoms with Gasteiger partial charge in [0.1, 0.15) is 0 Å². The van der Waals surface area contributed by atoms with Gasteiger partial charge in [0, 0.05) is 45.0 Å². The van der Waals surface area contributed by atoms with Gasteiger partial charge in [0.05, 0.1) is 18.2 Å². The molecule has 2 saturated heterocycles. The topological polar surface area (TPSA) is 44.8 Å². The van der Waals surface area contributed by atoms with Gasteiger partial charge in [-0.05, 0) is 31.0 Å². The van der Waals surface area contributed by atoms with Crippen molar-refractivity contribution in [1.29, 1.82) is 0 Å². The highest BCUT2D eigenvalue weighted by molar-refractivity contribution is 5.85. The van der Waals surface area contributed by atoms with Crippen molar-refractivity contribution in [3.63, 3.8) is 0 Å². The number of carbonyl (C=O) groups is 1. The SMILES string of the molecule is Cl.Cl.O=C(CNCC1CCCO1)N1CCN(c2cccc(C(F)(F)F)c2)CC1.